The Bertz CT molecular complexity index is 518. The number of allylic oxidation sites excluding steroid dienone is 2. The van der Waals surface area contributed by atoms with Crippen molar-refractivity contribution in [1.29, 1.82) is 0 Å². The molecule has 0 radical (unpaired) electrons. The first-order valence-corrected chi connectivity index (χ1v) is 12.2. The van der Waals surface area contributed by atoms with Crippen LogP contribution in [0.4, 0.5) is 0 Å². The molecular weight excluding hydrogens is 370 g/mol. The van der Waals surface area contributed by atoms with Gasteiger partial charge < -0.3 is 0 Å². The van der Waals surface area contributed by atoms with E-state index in [0.717, 1.165) is 31.1 Å². The van der Waals surface area contributed by atoms with Gasteiger partial charge in [0.15, 0.2) is 0 Å². The van der Waals surface area contributed by atoms with Crippen molar-refractivity contribution in [2.75, 3.05) is 6.61 Å². The van der Waals surface area contributed by atoms with Crippen molar-refractivity contribution in [3.63, 3.8) is 0 Å². The fourth-order valence-corrected chi connectivity index (χ4v) is 5.97. The average Bonchev–Trinajstić information content (AvgIpc) is 2.53. The van der Waals surface area contributed by atoms with Gasteiger partial charge in [0.1, 0.15) is 0 Å². The molecule has 2 aliphatic carbocycles. The van der Waals surface area contributed by atoms with Crippen molar-refractivity contribution >= 4 is 17.2 Å². The molecule has 7 heteroatoms. The van der Waals surface area contributed by atoms with Crippen LogP contribution < -0.4 is 0 Å². The maximum absolute atomic E-state index is 9.43. The van der Waals surface area contributed by atoms with E-state index in [1.54, 1.807) is 0 Å². The third-order valence-electron chi connectivity index (χ3n) is 6.43. The van der Waals surface area contributed by atoms with E-state index in [2.05, 4.69) is 24.7 Å². The Hall–Kier alpha value is 0.140. The van der Waals surface area contributed by atoms with Gasteiger partial charge in [0.05, 0.1) is 0 Å². The van der Waals surface area contributed by atoms with Crippen LogP contribution in [0.15, 0.2) is 23.8 Å². The van der Waals surface area contributed by atoms with E-state index < -0.39 is 17.2 Å². The Morgan fingerprint density at radius 2 is 2.12 bits per heavy atom. The zero-order chi connectivity index (χ0) is 19.4. The summed E-state index contributed by atoms with van der Waals surface area (Å²) < 4.78 is 9.38. The SMILES string of the molecule is C=C1CCC2C(CCCC2(C)C)[C@@H]1CC/C(C)=C/CO[PH](O)(O)OPO. The van der Waals surface area contributed by atoms with Crippen LogP contribution in [-0.2, 0) is 8.83 Å². The summed E-state index contributed by atoms with van der Waals surface area (Å²) in [4.78, 5) is 27.5. The van der Waals surface area contributed by atoms with E-state index >= 15 is 0 Å². The Morgan fingerprint density at radius 1 is 1.38 bits per heavy atom. The molecule has 2 fully saturated rings. The van der Waals surface area contributed by atoms with Crippen LogP contribution in [0.2, 0.25) is 0 Å². The van der Waals surface area contributed by atoms with E-state index in [4.69, 9.17) is 9.42 Å². The predicted octanol–water partition coefficient (Wildman–Crippen LogP) is 5.05. The summed E-state index contributed by atoms with van der Waals surface area (Å²) in [5.74, 6) is 2.17. The topological polar surface area (TPSA) is 79.2 Å². The molecule has 0 aromatic carbocycles. The van der Waals surface area contributed by atoms with Crippen molar-refractivity contribution in [1.82, 2.24) is 0 Å². The first-order valence-electron chi connectivity index (χ1n) is 9.65. The minimum absolute atomic E-state index is 0.0836. The summed E-state index contributed by atoms with van der Waals surface area (Å²) in [6.45, 7) is 11.4. The van der Waals surface area contributed by atoms with Crippen molar-refractivity contribution in [3.05, 3.63) is 23.8 Å². The van der Waals surface area contributed by atoms with Crippen LogP contribution in [0.25, 0.3) is 0 Å². The van der Waals surface area contributed by atoms with E-state index in [0.29, 0.717) is 11.3 Å². The van der Waals surface area contributed by atoms with Gasteiger partial charge in [0.2, 0.25) is 0 Å². The fraction of sp³-hybridized carbons (Fsp3) is 0.789. The molecule has 0 heterocycles. The van der Waals surface area contributed by atoms with E-state index in [1.807, 2.05) is 13.0 Å². The maximum atomic E-state index is 9.43. The Kier molecular flexibility index (Phi) is 8.25. The Morgan fingerprint density at radius 3 is 2.81 bits per heavy atom. The second-order valence-electron chi connectivity index (χ2n) is 8.60. The Labute approximate surface area is 160 Å². The van der Waals surface area contributed by atoms with Gasteiger partial charge in [-0.05, 0) is 0 Å². The van der Waals surface area contributed by atoms with Gasteiger partial charge >= 0.3 is 160 Å². The second-order valence-corrected chi connectivity index (χ2v) is 11.0. The second kappa shape index (κ2) is 9.56. The number of rotatable bonds is 8. The van der Waals surface area contributed by atoms with Gasteiger partial charge in [-0.3, -0.25) is 0 Å². The normalized spacial score (nSPS) is 30.6. The summed E-state index contributed by atoms with van der Waals surface area (Å²) in [5.41, 5.74) is 3.04. The van der Waals surface area contributed by atoms with Gasteiger partial charge in [-0.1, -0.05) is 0 Å². The summed E-state index contributed by atoms with van der Waals surface area (Å²) in [5, 5.41) is 0. The third kappa shape index (κ3) is 6.07. The van der Waals surface area contributed by atoms with Crippen LogP contribution >= 0.6 is 17.2 Å². The molecule has 4 atom stereocenters. The molecule has 0 aliphatic heterocycles. The minimum atomic E-state index is -4.17. The standard InChI is InChI=1S/C19H36O5P2/c1-14(11-13-23-26(21,22)24-25-20)7-9-16-15(2)8-10-18-17(16)6-5-12-19(18,3)4/h11,16-18,20-22,25-26H,2,5-10,12-13H2,1,3-4H3/b14-11+/t16-,17?,18?/m1/s1. The molecular formula is C19H36O5P2. The molecule has 5 nitrogen and oxygen atoms in total. The quantitative estimate of drug-likeness (QED) is 0.388. The third-order valence-corrected chi connectivity index (χ3v) is 8.40. The van der Waals surface area contributed by atoms with E-state index in [-0.39, 0.29) is 6.61 Å². The van der Waals surface area contributed by atoms with Crippen LogP contribution in [0.5, 0.6) is 0 Å². The molecule has 152 valence electrons. The van der Waals surface area contributed by atoms with E-state index in [9.17, 15) is 9.79 Å². The van der Waals surface area contributed by atoms with Crippen molar-refractivity contribution < 1.29 is 23.5 Å². The summed E-state index contributed by atoms with van der Waals surface area (Å²) in [7, 11) is -5.16. The molecule has 0 bridgehead atoms. The van der Waals surface area contributed by atoms with Gasteiger partial charge in [0.25, 0.3) is 0 Å². The molecule has 0 aromatic rings. The number of hydrogen-bond donors (Lipinski definition) is 3. The van der Waals surface area contributed by atoms with Crippen molar-refractivity contribution in [3.8, 4) is 0 Å². The van der Waals surface area contributed by atoms with Gasteiger partial charge in [0, 0.05) is 0 Å². The zero-order valence-electron chi connectivity index (χ0n) is 16.3. The molecule has 0 aromatic heterocycles. The molecule has 0 saturated heterocycles. The molecule has 0 amide bonds. The molecule has 2 rings (SSSR count). The number of hydrogen-bond acceptors (Lipinski definition) is 5. The Balaban J connectivity index is 1.88. The molecule has 0 spiro atoms. The van der Waals surface area contributed by atoms with Crippen molar-refractivity contribution in [2.24, 2.45) is 23.2 Å². The first kappa shape index (κ1) is 22.4. The average molecular weight is 406 g/mol. The molecule has 2 aliphatic rings. The van der Waals surface area contributed by atoms with Gasteiger partial charge in [-0.15, -0.1) is 0 Å². The van der Waals surface area contributed by atoms with Crippen LogP contribution in [0.1, 0.15) is 65.7 Å². The molecule has 2 saturated carbocycles. The molecule has 26 heavy (non-hydrogen) atoms. The van der Waals surface area contributed by atoms with Crippen LogP contribution in [-0.4, -0.2) is 21.3 Å². The van der Waals surface area contributed by atoms with Crippen molar-refractivity contribution in [2.45, 2.75) is 65.7 Å². The fourth-order valence-electron chi connectivity index (χ4n) is 4.96. The van der Waals surface area contributed by atoms with Crippen LogP contribution in [0.3, 0.4) is 0 Å². The summed E-state index contributed by atoms with van der Waals surface area (Å²) >= 11 is 0. The molecule has 3 unspecified atom stereocenters. The monoisotopic (exact) mass is 406 g/mol. The van der Waals surface area contributed by atoms with Crippen LogP contribution in [0, 0.1) is 23.2 Å². The van der Waals surface area contributed by atoms with Gasteiger partial charge in [-0.2, -0.15) is 0 Å². The first-order chi connectivity index (χ1) is 12.2. The number of fused-ring (bicyclic) bond motifs is 1. The summed E-state index contributed by atoms with van der Waals surface area (Å²) in [6, 6.07) is 0. The molecule has 3 N–H and O–H groups in total. The zero-order valence-corrected chi connectivity index (χ0v) is 18.3. The predicted molar refractivity (Wildman–Crippen MR) is 110 cm³/mol. The van der Waals surface area contributed by atoms with Gasteiger partial charge in [-0.25, -0.2) is 0 Å². The van der Waals surface area contributed by atoms with E-state index in [1.165, 1.54) is 36.8 Å². The summed E-state index contributed by atoms with van der Waals surface area (Å²) in [6.07, 6.45) is 10.4.